The van der Waals surface area contributed by atoms with Gasteiger partial charge in [-0.05, 0) is 24.2 Å². The molecular formula is C17H17ClN2S. The summed E-state index contributed by atoms with van der Waals surface area (Å²) >= 11 is 7.87. The molecule has 0 saturated carbocycles. The van der Waals surface area contributed by atoms with Gasteiger partial charge in [-0.2, -0.15) is 17.0 Å². The monoisotopic (exact) mass is 316 g/mol. The number of nitrogens with one attached hydrogen (secondary N) is 1. The van der Waals surface area contributed by atoms with Crippen LogP contribution < -0.4 is 5.32 Å². The van der Waals surface area contributed by atoms with Crippen LogP contribution in [0.15, 0.2) is 54.6 Å². The van der Waals surface area contributed by atoms with Gasteiger partial charge in [0.05, 0.1) is 6.07 Å². The molecule has 2 aromatic rings. The van der Waals surface area contributed by atoms with Crippen LogP contribution in [-0.4, -0.2) is 12.8 Å². The Hall–Kier alpha value is -1.47. The third-order valence-corrected chi connectivity index (χ3v) is 4.94. The third kappa shape index (κ3) is 3.79. The molecule has 1 atom stereocenters. The Bertz CT molecular complexity index is 624. The summed E-state index contributed by atoms with van der Waals surface area (Å²) in [5.41, 5.74) is 1.41. The van der Waals surface area contributed by atoms with Crippen LogP contribution in [0.5, 0.6) is 0 Å². The van der Waals surface area contributed by atoms with Gasteiger partial charge in [0, 0.05) is 16.5 Å². The van der Waals surface area contributed by atoms with E-state index in [0.717, 1.165) is 21.9 Å². The topological polar surface area (TPSA) is 35.8 Å². The molecule has 0 radical (unpaired) electrons. The van der Waals surface area contributed by atoms with Crippen molar-refractivity contribution in [3.63, 3.8) is 0 Å². The van der Waals surface area contributed by atoms with Crippen LogP contribution in [-0.2, 0) is 11.3 Å². The van der Waals surface area contributed by atoms with E-state index in [1.165, 1.54) is 0 Å². The van der Waals surface area contributed by atoms with Crippen molar-refractivity contribution < 1.29 is 0 Å². The second-order valence-electron chi connectivity index (χ2n) is 4.72. The lowest BCUT2D eigenvalue weighted by molar-refractivity contribution is 0.528. The molecule has 108 valence electrons. The van der Waals surface area contributed by atoms with E-state index in [9.17, 15) is 5.26 Å². The zero-order valence-electron chi connectivity index (χ0n) is 11.8. The number of nitrogens with zero attached hydrogens (tertiary/aromatic N) is 1. The minimum atomic E-state index is -0.673. The summed E-state index contributed by atoms with van der Waals surface area (Å²) in [6.45, 7) is 0. The van der Waals surface area contributed by atoms with Crippen LogP contribution in [0.2, 0.25) is 5.02 Å². The first-order chi connectivity index (χ1) is 10.2. The van der Waals surface area contributed by atoms with Crippen LogP contribution in [0.3, 0.4) is 0 Å². The number of halogens is 1. The van der Waals surface area contributed by atoms with E-state index in [0.29, 0.717) is 5.75 Å². The van der Waals surface area contributed by atoms with Gasteiger partial charge >= 0.3 is 0 Å². The molecule has 2 aromatic carbocycles. The Labute approximate surface area is 135 Å². The number of benzene rings is 2. The van der Waals surface area contributed by atoms with Gasteiger partial charge in [-0.3, -0.25) is 5.32 Å². The summed E-state index contributed by atoms with van der Waals surface area (Å²) in [6, 6.07) is 20.1. The summed E-state index contributed by atoms with van der Waals surface area (Å²) in [7, 11) is 1.83. The van der Waals surface area contributed by atoms with Crippen molar-refractivity contribution >= 4 is 23.4 Å². The molecule has 0 aromatic heterocycles. The first-order valence-electron chi connectivity index (χ1n) is 6.69. The smallest absolute Gasteiger partial charge is 0.141 e. The largest absolute Gasteiger partial charge is 0.298 e. The van der Waals surface area contributed by atoms with Gasteiger partial charge in [0.1, 0.15) is 5.54 Å². The first-order valence-corrected chi connectivity index (χ1v) is 8.22. The fraction of sp³-hybridized carbons (Fsp3) is 0.235. The van der Waals surface area contributed by atoms with E-state index in [4.69, 9.17) is 11.6 Å². The number of thioether (sulfide) groups is 1. The van der Waals surface area contributed by atoms with Crippen molar-refractivity contribution in [2.75, 3.05) is 12.8 Å². The predicted octanol–water partition coefficient (Wildman–Crippen LogP) is 4.21. The third-order valence-electron chi connectivity index (χ3n) is 3.42. The van der Waals surface area contributed by atoms with Gasteiger partial charge in [-0.1, -0.05) is 60.1 Å². The quantitative estimate of drug-likeness (QED) is 0.867. The molecule has 0 fully saturated rings. The van der Waals surface area contributed by atoms with Crippen LogP contribution >= 0.6 is 23.4 Å². The Balaban J connectivity index is 2.08. The highest BCUT2D eigenvalue weighted by molar-refractivity contribution is 7.98. The average Bonchev–Trinajstić information content (AvgIpc) is 2.54. The first kappa shape index (κ1) is 15.9. The van der Waals surface area contributed by atoms with E-state index in [1.807, 2.05) is 61.6 Å². The highest BCUT2D eigenvalue weighted by atomic mass is 35.5. The van der Waals surface area contributed by atoms with E-state index in [1.54, 1.807) is 11.8 Å². The van der Waals surface area contributed by atoms with Crippen molar-refractivity contribution in [2.45, 2.75) is 11.3 Å². The molecule has 0 spiro atoms. The summed E-state index contributed by atoms with van der Waals surface area (Å²) in [4.78, 5) is 0. The minimum Gasteiger partial charge on any atom is -0.298 e. The SMILES string of the molecule is CNC(C#N)(CSCc1ccccc1Cl)c1ccccc1. The molecule has 0 aliphatic carbocycles. The Morgan fingerprint density at radius 2 is 1.81 bits per heavy atom. The molecule has 1 N–H and O–H groups in total. The second kappa shape index (κ2) is 7.51. The van der Waals surface area contributed by atoms with Crippen LogP contribution in [0.4, 0.5) is 0 Å². The van der Waals surface area contributed by atoms with Crippen LogP contribution in [0.25, 0.3) is 0 Å². The van der Waals surface area contributed by atoms with Gasteiger partial charge in [0.25, 0.3) is 0 Å². The zero-order valence-corrected chi connectivity index (χ0v) is 13.4. The predicted molar refractivity (Wildman–Crippen MR) is 90.4 cm³/mol. The van der Waals surface area contributed by atoms with E-state index >= 15 is 0 Å². The zero-order chi connectivity index (χ0) is 15.1. The lowest BCUT2D eigenvalue weighted by atomic mass is 9.94. The molecular weight excluding hydrogens is 300 g/mol. The van der Waals surface area contributed by atoms with E-state index in [-0.39, 0.29) is 0 Å². The molecule has 0 amide bonds. The molecule has 0 bridgehead atoms. The Morgan fingerprint density at radius 3 is 2.43 bits per heavy atom. The summed E-state index contributed by atoms with van der Waals surface area (Å²) < 4.78 is 0. The van der Waals surface area contributed by atoms with Crippen molar-refractivity contribution in [3.8, 4) is 6.07 Å². The normalized spacial score (nSPS) is 13.4. The molecule has 4 heteroatoms. The molecule has 0 aliphatic heterocycles. The molecule has 2 nitrogen and oxygen atoms in total. The van der Waals surface area contributed by atoms with Crippen LogP contribution in [0, 0.1) is 11.3 Å². The minimum absolute atomic E-state index is 0.662. The number of hydrogen-bond donors (Lipinski definition) is 1. The van der Waals surface area contributed by atoms with Crippen molar-refractivity contribution in [1.29, 1.82) is 5.26 Å². The lowest BCUT2D eigenvalue weighted by Gasteiger charge is -2.26. The molecule has 21 heavy (non-hydrogen) atoms. The Morgan fingerprint density at radius 1 is 1.14 bits per heavy atom. The molecule has 1 unspecified atom stereocenters. The van der Waals surface area contributed by atoms with Gasteiger partial charge in [-0.15, -0.1) is 0 Å². The molecule has 2 rings (SSSR count). The molecule has 0 heterocycles. The fourth-order valence-corrected chi connectivity index (χ4v) is 3.64. The summed E-state index contributed by atoms with van der Waals surface area (Å²) in [5, 5.41) is 13.6. The van der Waals surface area contributed by atoms with E-state index < -0.39 is 5.54 Å². The van der Waals surface area contributed by atoms with Gasteiger partial charge in [0.2, 0.25) is 0 Å². The molecule has 0 aliphatic rings. The van der Waals surface area contributed by atoms with Crippen LogP contribution in [0.1, 0.15) is 11.1 Å². The lowest BCUT2D eigenvalue weighted by Crippen LogP contribution is -2.41. The maximum atomic E-state index is 9.63. The maximum Gasteiger partial charge on any atom is 0.141 e. The number of hydrogen-bond acceptors (Lipinski definition) is 3. The summed E-state index contributed by atoms with van der Waals surface area (Å²) in [6.07, 6.45) is 0. The van der Waals surface area contributed by atoms with Gasteiger partial charge in [0.15, 0.2) is 0 Å². The average molecular weight is 317 g/mol. The number of rotatable bonds is 6. The molecule has 0 saturated heterocycles. The fourth-order valence-electron chi connectivity index (χ4n) is 2.10. The number of nitriles is 1. The second-order valence-corrected chi connectivity index (χ2v) is 6.11. The highest BCUT2D eigenvalue weighted by Gasteiger charge is 2.30. The Kier molecular flexibility index (Phi) is 5.69. The van der Waals surface area contributed by atoms with Gasteiger partial charge < -0.3 is 0 Å². The van der Waals surface area contributed by atoms with Crippen molar-refractivity contribution in [3.05, 3.63) is 70.7 Å². The maximum absolute atomic E-state index is 9.63. The highest BCUT2D eigenvalue weighted by Crippen LogP contribution is 2.28. The van der Waals surface area contributed by atoms with E-state index in [2.05, 4.69) is 11.4 Å². The summed E-state index contributed by atoms with van der Waals surface area (Å²) in [5.74, 6) is 1.45. The standard InChI is InChI=1S/C17H17ClN2S/c1-20-17(12-19,15-8-3-2-4-9-15)13-21-11-14-7-5-6-10-16(14)18/h2-10,20H,11,13H2,1H3. The van der Waals surface area contributed by atoms with Crippen molar-refractivity contribution in [1.82, 2.24) is 5.32 Å². The van der Waals surface area contributed by atoms with Gasteiger partial charge in [-0.25, -0.2) is 0 Å². The van der Waals surface area contributed by atoms with Crippen molar-refractivity contribution in [2.24, 2.45) is 0 Å².